The summed E-state index contributed by atoms with van der Waals surface area (Å²) in [5.74, 6) is 0.735. The smallest absolute Gasteiger partial charge is 0.220 e. The SMILES string of the molecule is CCCC(CCN)CCC(=O)NCc1ccc(Br)s1. The van der Waals surface area contributed by atoms with Gasteiger partial charge in [0.1, 0.15) is 0 Å². The van der Waals surface area contributed by atoms with E-state index in [1.54, 1.807) is 11.3 Å². The number of carbonyl (C=O) groups excluding carboxylic acids is 1. The molecule has 0 aromatic carbocycles. The van der Waals surface area contributed by atoms with Gasteiger partial charge in [-0.3, -0.25) is 4.79 Å². The lowest BCUT2D eigenvalue weighted by Crippen LogP contribution is -2.23. The third-order valence-corrected chi connectivity index (χ3v) is 4.76. The molecule has 5 heteroatoms. The minimum Gasteiger partial charge on any atom is -0.351 e. The van der Waals surface area contributed by atoms with Gasteiger partial charge in [0.05, 0.1) is 10.3 Å². The topological polar surface area (TPSA) is 55.1 Å². The zero-order chi connectivity index (χ0) is 14.1. The Hall–Kier alpha value is -0.390. The van der Waals surface area contributed by atoms with E-state index in [4.69, 9.17) is 5.73 Å². The molecule has 0 saturated carbocycles. The van der Waals surface area contributed by atoms with E-state index >= 15 is 0 Å². The maximum absolute atomic E-state index is 11.8. The largest absolute Gasteiger partial charge is 0.351 e. The molecule has 0 radical (unpaired) electrons. The van der Waals surface area contributed by atoms with Crippen LogP contribution >= 0.6 is 27.3 Å². The summed E-state index contributed by atoms with van der Waals surface area (Å²) >= 11 is 5.07. The van der Waals surface area contributed by atoms with Crippen molar-refractivity contribution >= 4 is 33.2 Å². The van der Waals surface area contributed by atoms with E-state index in [0.717, 1.165) is 29.6 Å². The number of nitrogens with two attached hydrogens (primary N) is 1. The highest BCUT2D eigenvalue weighted by atomic mass is 79.9. The van der Waals surface area contributed by atoms with Gasteiger partial charge < -0.3 is 11.1 Å². The van der Waals surface area contributed by atoms with Gasteiger partial charge in [-0.15, -0.1) is 11.3 Å². The van der Waals surface area contributed by atoms with E-state index in [1.165, 1.54) is 11.3 Å². The van der Waals surface area contributed by atoms with Crippen molar-refractivity contribution in [3.63, 3.8) is 0 Å². The van der Waals surface area contributed by atoms with Crippen molar-refractivity contribution < 1.29 is 4.79 Å². The highest BCUT2D eigenvalue weighted by Gasteiger charge is 2.10. The molecule has 1 aromatic rings. The summed E-state index contributed by atoms with van der Waals surface area (Å²) in [6, 6.07) is 4.04. The van der Waals surface area contributed by atoms with Gasteiger partial charge in [-0.2, -0.15) is 0 Å². The van der Waals surface area contributed by atoms with Crippen LogP contribution in [0.3, 0.4) is 0 Å². The van der Waals surface area contributed by atoms with Crippen LogP contribution < -0.4 is 11.1 Å². The minimum atomic E-state index is 0.141. The number of halogens is 1. The molecule has 1 aromatic heterocycles. The van der Waals surface area contributed by atoms with Crippen molar-refractivity contribution in [2.45, 2.75) is 45.6 Å². The molecule has 0 aliphatic heterocycles. The number of amides is 1. The highest BCUT2D eigenvalue weighted by molar-refractivity contribution is 9.11. The molecule has 0 fully saturated rings. The molecule has 19 heavy (non-hydrogen) atoms. The molecule has 1 rings (SSSR count). The monoisotopic (exact) mass is 346 g/mol. The predicted octanol–water partition coefficient (Wildman–Crippen LogP) is 3.67. The Morgan fingerprint density at radius 2 is 2.21 bits per heavy atom. The van der Waals surface area contributed by atoms with Crippen molar-refractivity contribution in [1.29, 1.82) is 0 Å². The van der Waals surface area contributed by atoms with E-state index in [2.05, 4.69) is 28.2 Å². The molecule has 0 aliphatic carbocycles. The summed E-state index contributed by atoms with van der Waals surface area (Å²) in [6.07, 6.45) is 4.92. The number of hydrogen-bond donors (Lipinski definition) is 2. The van der Waals surface area contributed by atoms with Crippen LogP contribution in [0.15, 0.2) is 15.9 Å². The second-order valence-electron chi connectivity index (χ2n) is 4.75. The first kappa shape index (κ1) is 16.7. The molecule has 3 nitrogen and oxygen atoms in total. The van der Waals surface area contributed by atoms with Crippen LogP contribution in [-0.2, 0) is 11.3 Å². The first-order valence-electron chi connectivity index (χ1n) is 6.86. The fourth-order valence-corrected chi connectivity index (χ4v) is 3.56. The van der Waals surface area contributed by atoms with Crippen molar-refractivity contribution in [3.8, 4) is 0 Å². The average Bonchev–Trinajstić information content (AvgIpc) is 2.80. The lowest BCUT2D eigenvalue weighted by atomic mass is 9.94. The Morgan fingerprint density at radius 1 is 1.42 bits per heavy atom. The average molecular weight is 347 g/mol. The predicted molar refractivity (Wildman–Crippen MR) is 85.2 cm³/mol. The molecule has 1 unspecified atom stereocenters. The normalized spacial score (nSPS) is 12.4. The van der Waals surface area contributed by atoms with Crippen LogP contribution in [0.2, 0.25) is 0 Å². The van der Waals surface area contributed by atoms with Gasteiger partial charge in [0.25, 0.3) is 0 Å². The van der Waals surface area contributed by atoms with Gasteiger partial charge in [0.2, 0.25) is 5.91 Å². The highest BCUT2D eigenvalue weighted by Crippen LogP contribution is 2.22. The molecule has 1 amide bonds. The standard InChI is InChI=1S/C14H23BrN2OS/c1-2-3-11(8-9-16)4-7-14(18)17-10-12-5-6-13(15)19-12/h5-6,11H,2-4,7-10,16H2,1H3,(H,17,18). The molecule has 1 heterocycles. The van der Waals surface area contributed by atoms with Crippen LogP contribution in [0.1, 0.15) is 43.9 Å². The van der Waals surface area contributed by atoms with E-state index in [9.17, 15) is 4.79 Å². The summed E-state index contributed by atoms with van der Waals surface area (Å²) in [5, 5.41) is 2.97. The van der Waals surface area contributed by atoms with E-state index in [1.807, 2.05) is 12.1 Å². The van der Waals surface area contributed by atoms with Gasteiger partial charge in [-0.25, -0.2) is 0 Å². The Labute approximate surface area is 128 Å². The fourth-order valence-electron chi connectivity index (χ4n) is 2.13. The molecule has 0 aliphatic rings. The summed E-state index contributed by atoms with van der Waals surface area (Å²) in [6.45, 7) is 3.53. The van der Waals surface area contributed by atoms with Gasteiger partial charge in [-0.1, -0.05) is 19.8 Å². The summed E-state index contributed by atoms with van der Waals surface area (Å²) < 4.78 is 1.10. The Bertz CT molecular complexity index is 375. The van der Waals surface area contributed by atoms with Gasteiger partial charge >= 0.3 is 0 Å². The fraction of sp³-hybridized carbons (Fsp3) is 0.643. The number of thiophene rings is 1. The van der Waals surface area contributed by atoms with Crippen LogP contribution in [0.4, 0.5) is 0 Å². The lowest BCUT2D eigenvalue weighted by molar-refractivity contribution is -0.121. The summed E-state index contributed by atoms with van der Waals surface area (Å²) in [7, 11) is 0. The number of carbonyl (C=O) groups is 1. The lowest BCUT2D eigenvalue weighted by Gasteiger charge is -2.14. The maximum Gasteiger partial charge on any atom is 0.220 e. The van der Waals surface area contributed by atoms with Crippen LogP contribution in [0.5, 0.6) is 0 Å². The number of rotatable bonds is 9. The zero-order valence-corrected chi connectivity index (χ0v) is 13.9. The molecule has 108 valence electrons. The quantitative estimate of drug-likeness (QED) is 0.716. The van der Waals surface area contributed by atoms with Gasteiger partial charge in [0, 0.05) is 11.3 Å². The molecule has 0 bridgehead atoms. The molecule has 1 atom stereocenters. The molecular weight excluding hydrogens is 324 g/mol. The summed E-state index contributed by atoms with van der Waals surface area (Å²) in [5.41, 5.74) is 5.60. The Balaban J connectivity index is 2.22. The second-order valence-corrected chi connectivity index (χ2v) is 7.30. The van der Waals surface area contributed by atoms with E-state index in [0.29, 0.717) is 18.9 Å². The van der Waals surface area contributed by atoms with Crippen LogP contribution in [0.25, 0.3) is 0 Å². The van der Waals surface area contributed by atoms with Crippen LogP contribution in [0, 0.1) is 5.92 Å². The van der Waals surface area contributed by atoms with Crippen molar-refractivity contribution in [1.82, 2.24) is 5.32 Å². The molecular formula is C14H23BrN2OS. The number of nitrogens with one attached hydrogen (secondary N) is 1. The molecule has 3 N–H and O–H groups in total. The minimum absolute atomic E-state index is 0.141. The third-order valence-electron chi connectivity index (χ3n) is 3.14. The van der Waals surface area contributed by atoms with E-state index in [-0.39, 0.29) is 5.91 Å². The molecule has 0 saturated heterocycles. The van der Waals surface area contributed by atoms with Gasteiger partial charge in [0.15, 0.2) is 0 Å². The Morgan fingerprint density at radius 3 is 2.79 bits per heavy atom. The summed E-state index contributed by atoms with van der Waals surface area (Å²) in [4.78, 5) is 13.0. The van der Waals surface area contributed by atoms with Gasteiger partial charge in [-0.05, 0) is 53.4 Å². The zero-order valence-electron chi connectivity index (χ0n) is 11.5. The maximum atomic E-state index is 11.8. The second kappa shape index (κ2) is 9.50. The van der Waals surface area contributed by atoms with Crippen molar-refractivity contribution in [3.05, 3.63) is 20.8 Å². The van der Waals surface area contributed by atoms with E-state index < -0.39 is 0 Å². The first-order chi connectivity index (χ1) is 9.15. The first-order valence-corrected chi connectivity index (χ1v) is 8.47. The Kier molecular flexibility index (Phi) is 8.34. The van der Waals surface area contributed by atoms with Crippen molar-refractivity contribution in [2.24, 2.45) is 11.7 Å². The number of hydrogen-bond acceptors (Lipinski definition) is 3. The molecule has 0 spiro atoms. The van der Waals surface area contributed by atoms with Crippen molar-refractivity contribution in [2.75, 3.05) is 6.54 Å². The third kappa shape index (κ3) is 7.09. The van der Waals surface area contributed by atoms with Crippen LogP contribution in [-0.4, -0.2) is 12.5 Å².